The molecule has 0 aliphatic carbocycles. The van der Waals surface area contributed by atoms with Crippen molar-refractivity contribution < 1.29 is 4.74 Å². The smallest absolute Gasteiger partial charge is 0.127 e. The van der Waals surface area contributed by atoms with Gasteiger partial charge in [-0.25, -0.2) is 0 Å². The van der Waals surface area contributed by atoms with E-state index in [1.165, 1.54) is 68.1 Å². The first-order valence-electron chi connectivity index (χ1n) is 9.63. The van der Waals surface area contributed by atoms with Crippen LogP contribution in [0, 0.1) is 0 Å². The van der Waals surface area contributed by atoms with Gasteiger partial charge in [-0.3, -0.25) is 0 Å². The monoisotopic (exact) mass is 344 g/mol. The van der Waals surface area contributed by atoms with Gasteiger partial charge in [-0.2, -0.15) is 11.3 Å². The molecule has 1 heterocycles. The molecule has 0 saturated heterocycles. The first-order chi connectivity index (χ1) is 11.8. The Morgan fingerprint density at radius 1 is 0.875 bits per heavy atom. The van der Waals surface area contributed by atoms with E-state index in [0.717, 1.165) is 18.8 Å². The Kier molecular flexibility index (Phi) is 8.97. The highest BCUT2D eigenvalue weighted by Gasteiger charge is 2.08. The fraction of sp³-hybridized carbons (Fsp3) is 0.545. The average molecular weight is 345 g/mol. The molecule has 0 fully saturated rings. The summed E-state index contributed by atoms with van der Waals surface area (Å²) < 4.78 is 6.03. The van der Waals surface area contributed by atoms with Crippen molar-refractivity contribution in [2.24, 2.45) is 0 Å². The molecule has 0 radical (unpaired) electrons. The van der Waals surface area contributed by atoms with E-state index in [1.807, 2.05) is 0 Å². The molecule has 1 nitrogen and oxygen atoms in total. The van der Waals surface area contributed by atoms with Crippen LogP contribution in [-0.2, 0) is 6.42 Å². The zero-order chi connectivity index (χ0) is 17.0. The maximum absolute atomic E-state index is 6.03. The lowest BCUT2D eigenvalue weighted by atomic mass is 10.00. The van der Waals surface area contributed by atoms with Crippen molar-refractivity contribution in [3.8, 4) is 16.9 Å². The third-order valence-electron chi connectivity index (χ3n) is 4.45. The summed E-state index contributed by atoms with van der Waals surface area (Å²) >= 11 is 1.75. The predicted octanol–water partition coefficient (Wildman–Crippen LogP) is 7.50. The molecule has 24 heavy (non-hydrogen) atoms. The summed E-state index contributed by atoms with van der Waals surface area (Å²) in [5.41, 5.74) is 3.99. The number of thiophene rings is 1. The van der Waals surface area contributed by atoms with Crippen LogP contribution in [0.3, 0.4) is 0 Å². The molecule has 0 spiro atoms. The molecule has 0 atom stereocenters. The highest BCUT2D eigenvalue weighted by atomic mass is 32.1. The van der Waals surface area contributed by atoms with Gasteiger partial charge in [-0.05, 0) is 59.3 Å². The van der Waals surface area contributed by atoms with Gasteiger partial charge in [0, 0.05) is 5.56 Å². The quantitative estimate of drug-likeness (QED) is 0.362. The summed E-state index contributed by atoms with van der Waals surface area (Å²) in [4.78, 5) is 0. The molecule has 2 aromatic rings. The zero-order valence-electron chi connectivity index (χ0n) is 15.4. The van der Waals surface area contributed by atoms with Crippen LogP contribution in [0.25, 0.3) is 11.1 Å². The van der Waals surface area contributed by atoms with Gasteiger partial charge in [-0.1, -0.05) is 58.4 Å². The predicted molar refractivity (Wildman–Crippen MR) is 107 cm³/mol. The number of benzene rings is 1. The van der Waals surface area contributed by atoms with Gasteiger partial charge in [0.05, 0.1) is 6.61 Å². The van der Waals surface area contributed by atoms with Gasteiger partial charge in [0.25, 0.3) is 0 Å². The van der Waals surface area contributed by atoms with Crippen molar-refractivity contribution >= 4 is 11.3 Å². The van der Waals surface area contributed by atoms with Crippen molar-refractivity contribution in [1.82, 2.24) is 0 Å². The van der Waals surface area contributed by atoms with E-state index in [9.17, 15) is 0 Å². The summed E-state index contributed by atoms with van der Waals surface area (Å²) in [5.74, 6) is 1.04. The number of unbranched alkanes of at least 4 members (excludes halogenated alkanes) is 6. The SMILES string of the molecule is CCCCCCCCc1ccc(OCCCC)c(-c2ccsc2)c1. The Morgan fingerprint density at radius 2 is 1.67 bits per heavy atom. The van der Waals surface area contributed by atoms with E-state index in [4.69, 9.17) is 4.74 Å². The topological polar surface area (TPSA) is 9.23 Å². The molecule has 0 N–H and O–H groups in total. The molecule has 2 rings (SSSR count). The van der Waals surface area contributed by atoms with Crippen molar-refractivity contribution in [2.45, 2.75) is 71.6 Å². The minimum Gasteiger partial charge on any atom is -0.493 e. The van der Waals surface area contributed by atoms with Crippen molar-refractivity contribution in [3.63, 3.8) is 0 Å². The van der Waals surface area contributed by atoms with Gasteiger partial charge in [-0.15, -0.1) is 0 Å². The van der Waals surface area contributed by atoms with E-state index in [0.29, 0.717) is 0 Å². The third-order valence-corrected chi connectivity index (χ3v) is 5.13. The molecule has 0 bridgehead atoms. The molecule has 1 aromatic carbocycles. The first kappa shape index (κ1) is 19.1. The molecular formula is C22H32OS. The number of aryl methyl sites for hydroxylation is 1. The highest BCUT2D eigenvalue weighted by molar-refractivity contribution is 7.08. The van der Waals surface area contributed by atoms with Gasteiger partial charge in [0.1, 0.15) is 5.75 Å². The largest absolute Gasteiger partial charge is 0.493 e. The van der Waals surface area contributed by atoms with Gasteiger partial charge in [0.2, 0.25) is 0 Å². The van der Waals surface area contributed by atoms with Gasteiger partial charge < -0.3 is 4.74 Å². The summed E-state index contributed by atoms with van der Waals surface area (Å²) in [6, 6.07) is 8.97. The second-order valence-corrected chi connectivity index (χ2v) is 7.34. The van der Waals surface area contributed by atoms with Crippen LogP contribution in [0.2, 0.25) is 0 Å². The Bertz CT molecular complexity index is 559. The van der Waals surface area contributed by atoms with E-state index >= 15 is 0 Å². The van der Waals surface area contributed by atoms with E-state index in [-0.39, 0.29) is 0 Å². The number of hydrogen-bond acceptors (Lipinski definition) is 2. The van der Waals surface area contributed by atoms with Crippen LogP contribution in [0.1, 0.15) is 70.8 Å². The van der Waals surface area contributed by atoms with Crippen molar-refractivity contribution in [2.75, 3.05) is 6.61 Å². The maximum Gasteiger partial charge on any atom is 0.127 e. The molecule has 0 unspecified atom stereocenters. The Labute approximate surface area is 152 Å². The number of hydrogen-bond donors (Lipinski definition) is 0. The van der Waals surface area contributed by atoms with Crippen LogP contribution in [0.15, 0.2) is 35.0 Å². The van der Waals surface area contributed by atoms with Gasteiger partial charge in [0.15, 0.2) is 0 Å². The molecule has 2 heteroatoms. The fourth-order valence-electron chi connectivity index (χ4n) is 2.94. The third kappa shape index (κ3) is 6.32. The minimum absolute atomic E-state index is 0.810. The summed E-state index contributed by atoms with van der Waals surface area (Å²) in [6.45, 7) is 5.28. The molecule has 1 aromatic heterocycles. The summed E-state index contributed by atoms with van der Waals surface area (Å²) in [7, 11) is 0. The normalized spacial score (nSPS) is 10.9. The van der Waals surface area contributed by atoms with E-state index in [2.05, 4.69) is 48.9 Å². The lowest BCUT2D eigenvalue weighted by Crippen LogP contribution is -1.99. The average Bonchev–Trinajstić information content (AvgIpc) is 3.13. The summed E-state index contributed by atoms with van der Waals surface area (Å²) in [5, 5.41) is 4.36. The highest BCUT2D eigenvalue weighted by Crippen LogP contribution is 2.33. The molecule has 132 valence electrons. The van der Waals surface area contributed by atoms with Crippen LogP contribution < -0.4 is 4.74 Å². The van der Waals surface area contributed by atoms with Crippen LogP contribution in [0.4, 0.5) is 0 Å². The summed E-state index contributed by atoms with van der Waals surface area (Å²) in [6.07, 6.45) is 11.6. The molecule has 0 amide bonds. The van der Waals surface area contributed by atoms with Crippen LogP contribution in [0.5, 0.6) is 5.75 Å². The maximum atomic E-state index is 6.03. The van der Waals surface area contributed by atoms with Crippen molar-refractivity contribution in [3.05, 3.63) is 40.6 Å². The minimum atomic E-state index is 0.810. The van der Waals surface area contributed by atoms with Crippen LogP contribution >= 0.6 is 11.3 Å². The first-order valence-corrected chi connectivity index (χ1v) is 10.6. The van der Waals surface area contributed by atoms with Crippen LogP contribution in [-0.4, -0.2) is 6.61 Å². The second-order valence-electron chi connectivity index (χ2n) is 6.56. The Balaban J connectivity index is 1.96. The van der Waals surface area contributed by atoms with E-state index < -0.39 is 0 Å². The number of rotatable bonds is 12. The lowest BCUT2D eigenvalue weighted by molar-refractivity contribution is 0.310. The van der Waals surface area contributed by atoms with Crippen molar-refractivity contribution in [1.29, 1.82) is 0 Å². The molecule has 0 saturated carbocycles. The molecular weight excluding hydrogens is 312 g/mol. The van der Waals surface area contributed by atoms with E-state index in [1.54, 1.807) is 11.3 Å². The lowest BCUT2D eigenvalue weighted by Gasteiger charge is -2.12. The Morgan fingerprint density at radius 3 is 2.42 bits per heavy atom. The molecule has 0 aliphatic rings. The number of ether oxygens (including phenoxy) is 1. The second kappa shape index (κ2) is 11.3. The molecule has 0 aliphatic heterocycles. The zero-order valence-corrected chi connectivity index (χ0v) is 16.2. The standard InChI is InChI=1S/C22H32OS/c1-3-5-7-8-9-10-11-19-12-13-22(23-15-6-4-2)21(17-19)20-14-16-24-18-20/h12-14,16-18H,3-11,15H2,1-2H3. The Hall–Kier alpha value is -1.28. The van der Waals surface area contributed by atoms with Gasteiger partial charge >= 0.3 is 0 Å². The fourth-order valence-corrected chi connectivity index (χ4v) is 3.59.